The van der Waals surface area contributed by atoms with Crippen molar-refractivity contribution in [2.75, 3.05) is 18.1 Å². The van der Waals surface area contributed by atoms with Crippen LogP contribution in [0.1, 0.15) is 11.1 Å². The van der Waals surface area contributed by atoms with Crippen LogP contribution >= 0.6 is 0 Å². The van der Waals surface area contributed by atoms with E-state index in [-0.39, 0.29) is 18.1 Å². The van der Waals surface area contributed by atoms with Crippen LogP contribution in [0.3, 0.4) is 0 Å². The Labute approximate surface area is 91.2 Å². The van der Waals surface area contributed by atoms with Crippen molar-refractivity contribution in [2.24, 2.45) is 5.73 Å². The molecule has 0 saturated carbocycles. The van der Waals surface area contributed by atoms with Gasteiger partial charge in [-0.05, 0) is 18.9 Å². The normalized spacial score (nSPS) is 11.6. The maximum Gasteiger partial charge on any atom is 0.151 e. The Hall–Kier alpha value is -0.870. The van der Waals surface area contributed by atoms with Gasteiger partial charge in [-0.2, -0.15) is 0 Å². The summed E-state index contributed by atoms with van der Waals surface area (Å²) in [4.78, 5) is 0. The van der Waals surface area contributed by atoms with Crippen LogP contribution in [0.25, 0.3) is 0 Å². The third-order valence-corrected chi connectivity index (χ3v) is 3.94. The molecule has 3 nitrogen and oxygen atoms in total. The second-order valence-electron chi connectivity index (χ2n) is 3.68. The Bertz CT molecular complexity index is 395. The molecule has 0 heterocycles. The summed E-state index contributed by atoms with van der Waals surface area (Å²) in [6.45, 7) is 2.21. The number of hydrogen-bond acceptors (Lipinski definition) is 3. The Morgan fingerprint density at radius 3 is 2.27 bits per heavy atom. The van der Waals surface area contributed by atoms with Gasteiger partial charge in [-0.1, -0.05) is 29.8 Å². The van der Waals surface area contributed by atoms with Crippen LogP contribution < -0.4 is 5.73 Å². The Kier molecular flexibility index (Phi) is 4.29. The summed E-state index contributed by atoms with van der Waals surface area (Å²) < 4.78 is 22.8. The molecule has 0 amide bonds. The number of hydrogen-bond donors (Lipinski definition) is 1. The van der Waals surface area contributed by atoms with Gasteiger partial charge in [0.15, 0.2) is 9.84 Å². The van der Waals surface area contributed by atoms with Crippen molar-refractivity contribution in [3.05, 3.63) is 35.4 Å². The van der Waals surface area contributed by atoms with E-state index in [9.17, 15) is 8.42 Å². The predicted molar refractivity (Wildman–Crippen MR) is 62.6 cm³/mol. The van der Waals surface area contributed by atoms with E-state index in [0.29, 0.717) is 6.42 Å². The molecular weight excluding hydrogens is 210 g/mol. The van der Waals surface area contributed by atoms with Crippen molar-refractivity contribution in [3.8, 4) is 0 Å². The summed E-state index contributed by atoms with van der Waals surface area (Å²) in [6.07, 6.45) is 0.572. The summed E-state index contributed by atoms with van der Waals surface area (Å²) in [5.74, 6) is 0.270. The second kappa shape index (κ2) is 5.28. The smallest absolute Gasteiger partial charge is 0.151 e. The van der Waals surface area contributed by atoms with Crippen LogP contribution in [0.2, 0.25) is 0 Å². The standard InChI is InChI=1S/C11H17NO2S/c1-10-2-4-11(5-3-10)6-8-15(13,14)9-7-12/h2-5H,6-9,12H2,1H3. The molecular formula is C11H17NO2S. The highest BCUT2D eigenvalue weighted by Gasteiger charge is 2.09. The van der Waals surface area contributed by atoms with Gasteiger partial charge in [0.25, 0.3) is 0 Å². The Morgan fingerprint density at radius 2 is 1.73 bits per heavy atom. The lowest BCUT2D eigenvalue weighted by molar-refractivity contribution is 0.595. The van der Waals surface area contributed by atoms with E-state index < -0.39 is 9.84 Å². The molecule has 1 aromatic rings. The minimum Gasteiger partial charge on any atom is -0.329 e. The zero-order chi connectivity index (χ0) is 11.3. The molecule has 0 aliphatic rings. The maximum absolute atomic E-state index is 11.4. The highest BCUT2D eigenvalue weighted by atomic mass is 32.2. The van der Waals surface area contributed by atoms with Crippen molar-refractivity contribution >= 4 is 9.84 Å². The quantitative estimate of drug-likeness (QED) is 0.813. The molecule has 0 spiro atoms. The molecule has 0 aliphatic heterocycles. The first-order valence-corrected chi connectivity index (χ1v) is 6.82. The molecule has 84 valence electrons. The van der Waals surface area contributed by atoms with Gasteiger partial charge >= 0.3 is 0 Å². The lowest BCUT2D eigenvalue weighted by Gasteiger charge is -2.03. The number of sulfone groups is 1. The number of nitrogens with two attached hydrogens (primary N) is 1. The van der Waals surface area contributed by atoms with E-state index in [1.54, 1.807) is 0 Å². The van der Waals surface area contributed by atoms with Gasteiger partial charge in [-0.25, -0.2) is 8.42 Å². The van der Waals surface area contributed by atoms with Gasteiger partial charge < -0.3 is 5.73 Å². The maximum atomic E-state index is 11.4. The molecule has 2 N–H and O–H groups in total. The summed E-state index contributed by atoms with van der Waals surface area (Å²) in [5, 5.41) is 0. The van der Waals surface area contributed by atoms with Gasteiger partial charge in [0.2, 0.25) is 0 Å². The predicted octanol–water partition coefficient (Wildman–Crippen LogP) is 0.911. The topological polar surface area (TPSA) is 60.2 Å². The van der Waals surface area contributed by atoms with Gasteiger partial charge in [-0.15, -0.1) is 0 Å². The van der Waals surface area contributed by atoms with E-state index in [0.717, 1.165) is 5.56 Å². The van der Waals surface area contributed by atoms with Gasteiger partial charge in [0.05, 0.1) is 11.5 Å². The largest absolute Gasteiger partial charge is 0.329 e. The molecule has 0 bridgehead atoms. The van der Waals surface area contributed by atoms with E-state index >= 15 is 0 Å². The highest BCUT2D eigenvalue weighted by Crippen LogP contribution is 2.05. The van der Waals surface area contributed by atoms with Crippen LogP contribution in [0.4, 0.5) is 0 Å². The monoisotopic (exact) mass is 227 g/mol. The lowest BCUT2D eigenvalue weighted by Crippen LogP contribution is -2.19. The number of aryl methyl sites for hydroxylation is 2. The van der Waals surface area contributed by atoms with E-state index in [1.165, 1.54) is 5.56 Å². The molecule has 0 aromatic heterocycles. The van der Waals surface area contributed by atoms with Crippen molar-refractivity contribution < 1.29 is 8.42 Å². The van der Waals surface area contributed by atoms with Crippen LogP contribution in [-0.4, -0.2) is 26.5 Å². The highest BCUT2D eigenvalue weighted by molar-refractivity contribution is 7.91. The molecule has 0 atom stereocenters. The molecule has 15 heavy (non-hydrogen) atoms. The first-order chi connectivity index (χ1) is 7.03. The molecule has 0 aliphatic carbocycles. The zero-order valence-corrected chi connectivity index (χ0v) is 9.76. The summed E-state index contributed by atoms with van der Waals surface area (Å²) in [5.41, 5.74) is 7.46. The Balaban J connectivity index is 2.54. The summed E-state index contributed by atoms with van der Waals surface area (Å²) in [7, 11) is -2.96. The first kappa shape index (κ1) is 12.2. The third kappa shape index (κ3) is 4.44. The second-order valence-corrected chi connectivity index (χ2v) is 5.98. The zero-order valence-electron chi connectivity index (χ0n) is 8.94. The van der Waals surface area contributed by atoms with Crippen molar-refractivity contribution in [1.82, 2.24) is 0 Å². The molecule has 1 rings (SSSR count). The third-order valence-electron chi connectivity index (χ3n) is 2.25. The fraction of sp³-hybridized carbons (Fsp3) is 0.455. The SMILES string of the molecule is Cc1ccc(CCS(=O)(=O)CCN)cc1. The van der Waals surface area contributed by atoms with Crippen molar-refractivity contribution in [2.45, 2.75) is 13.3 Å². The summed E-state index contributed by atoms with van der Waals surface area (Å²) in [6, 6.07) is 7.91. The van der Waals surface area contributed by atoms with E-state index in [1.807, 2.05) is 31.2 Å². The summed E-state index contributed by atoms with van der Waals surface area (Å²) >= 11 is 0. The number of rotatable bonds is 5. The van der Waals surface area contributed by atoms with Crippen molar-refractivity contribution in [1.29, 1.82) is 0 Å². The number of benzene rings is 1. The van der Waals surface area contributed by atoms with Crippen LogP contribution in [-0.2, 0) is 16.3 Å². The average molecular weight is 227 g/mol. The molecule has 0 unspecified atom stereocenters. The fourth-order valence-corrected chi connectivity index (χ4v) is 2.42. The molecule has 0 saturated heterocycles. The average Bonchev–Trinajstić information content (AvgIpc) is 2.17. The van der Waals surface area contributed by atoms with Crippen LogP contribution in [0.15, 0.2) is 24.3 Å². The molecule has 0 fully saturated rings. The minimum atomic E-state index is -2.96. The first-order valence-electron chi connectivity index (χ1n) is 4.99. The van der Waals surface area contributed by atoms with Crippen LogP contribution in [0, 0.1) is 6.92 Å². The minimum absolute atomic E-state index is 0.0822. The van der Waals surface area contributed by atoms with Crippen molar-refractivity contribution in [3.63, 3.8) is 0 Å². The van der Waals surface area contributed by atoms with E-state index in [2.05, 4.69) is 0 Å². The van der Waals surface area contributed by atoms with Gasteiger partial charge in [0, 0.05) is 6.54 Å². The van der Waals surface area contributed by atoms with Gasteiger partial charge in [0.1, 0.15) is 0 Å². The van der Waals surface area contributed by atoms with Gasteiger partial charge in [-0.3, -0.25) is 0 Å². The Morgan fingerprint density at radius 1 is 1.13 bits per heavy atom. The van der Waals surface area contributed by atoms with Crippen LogP contribution in [0.5, 0.6) is 0 Å². The lowest BCUT2D eigenvalue weighted by atomic mass is 10.1. The molecule has 1 aromatic carbocycles. The molecule has 0 radical (unpaired) electrons. The van der Waals surface area contributed by atoms with E-state index in [4.69, 9.17) is 5.73 Å². The molecule has 4 heteroatoms. The fourth-order valence-electron chi connectivity index (χ4n) is 1.31.